The van der Waals surface area contributed by atoms with Crippen LogP contribution in [0, 0.1) is 5.41 Å². The smallest absolute Gasteiger partial charge is 0.253 e. The first-order valence-electron chi connectivity index (χ1n) is 10.6. The fourth-order valence-corrected chi connectivity index (χ4v) is 3.66. The highest BCUT2D eigenvalue weighted by atomic mass is 16.2. The molecular weight excluding hydrogens is 416 g/mol. The number of hydrogen-bond donors (Lipinski definition) is 4. The third-order valence-electron chi connectivity index (χ3n) is 5.49. The van der Waals surface area contributed by atoms with E-state index in [2.05, 4.69) is 4.99 Å². The number of aliphatic imine (C=N–C) groups is 1. The van der Waals surface area contributed by atoms with Gasteiger partial charge in [-0.3, -0.25) is 20.0 Å². The summed E-state index contributed by atoms with van der Waals surface area (Å²) in [5.41, 5.74) is 20.9. The number of carbonyl (C=O) groups is 2. The molecule has 33 heavy (non-hydrogen) atoms. The summed E-state index contributed by atoms with van der Waals surface area (Å²) < 4.78 is 0. The van der Waals surface area contributed by atoms with Crippen molar-refractivity contribution in [3.8, 4) is 0 Å². The van der Waals surface area contributed by atoms with Crippen LogP contribution in [0.1, 0.15) is 39.9 Å². The molecule has 0 bridgehead atoms. The molecule has 8 heteroatoms. The highest BCUT2D eigenvalue weighted by Gasteiger charge is 2.19. The molecule has 1 aliphatic rings. The largest absolute Gasteiger partial charge is 0.404 e. The molecule has 1 fully saturated rings. The van der Waals surface area contributed by atoms with Gasteiger partial charge in [0.15, 0.2) is 0 Å². The van der Waals surface area contributed by atoms with Gasteiger partial charge in [0.25, 0.3) is 5.91 Å². The summed E-state index contributed by atoms with van der Waals surface area (Å²) in [4.78, 5) is 30.9. The molecule has 1 heterocycles. The lowest BCUT2D eigenvalue weighted by Gasteiger charge is -2.15. The van der Waals surface area contributed by atoms with E-state index in [0.29, 0.717) is 22.3 Å². The normalized spacial score (nSPS) is 14.6. The van der Waals surface area contributed by atoms with E-state index in [-0.39, 0.29) is 23.0 Å². The number of rotatable bonds is 7. The Morgan fingerprint density at radius 2 is 1.64 bits per heavy atom. The van der Waals surface area contributed by atoms with Crippen LogP contribution in [0.3, 0.4) is 0 Å². The molecule has 3 rings (SSSR count). The van der Waals surface area contributed by atoms with Crippen molar-refractivity contribution in [3.05, 3.63) is 77.0 Å². The van der Waals surface area contributed by atoms with Crippen LogP contribution in [0.5, 0.6) is 0 Å². The lowest BCUT2D eigenvalue weighted by atomic mass is 9.98. The molecule has 170 valence electrons. The summed E-state index contributed by atoms with van der Waals surface area (Å²) >= 11 is 0. The molecule has 2 aromatic rings. The average Bonchev–Trinajstić information content (AvgIpc) is 3.36. The number of nitrogens with zero attached hydrogens (tertiary/aromatic N) is 2. The molecular formula is C25H28N6O2. The lowest BCUT2D eigenvalue weighted by molar-refractivity contribution is -0.108. The van der Waals surface area contributed by atoms with Gasteiger partial charge >= 0.3 is 0 Å². The van der Waals surface area contributed by atoms with Gasteiger partial charge in [-0.05, 0) is 48.2 Å². The van der Waals surface area contributed by atoms with E-state index < -0.39 is 5.78 Å². The Kier molecular flexibility index (Phi) is 7.40. The molecule has 0 spiro atoms. The number of allylic oxidation sites excluding steroid dienone is 2. The van der Waals surface area contributed by atoms with Gasteiger partial charge in [0.2, 0.25) is 5.78 Å². The maximum atomic E-state index is 12.7. The van der Waals surface area contributed by atoms with Gasteiger partial charge < -0.3 is 22.1 Å². The minimum atomic E-state index is -0.575. The van der Waals surface area contributed by atoms with Gasteiger partial charge in [-0.2, -0.15) is 0 Å². The van der Waals surface area contributed by atoms with Crippen molar-refractivity contribution in [2.45, 2.75) is 12.8 Å². The van der Waals surface area contributed by atoms with Crippen molar-refractivity contribution in [1.29, 1.82) is 5.41 Å². The van der Waals surface area contributed by atoms with E-state index in [0.717, 1.165) is 31.5 Å². The Balaban J connectivity index is 1.74. The Hall–Kier alpha value is -4.20. The van der Waals surface area contributed by atoms with Crippen LogP contribution in [-0.2, 0) is 4.79 Å². The van der Waals surface area contributed by atoms with Gasteiger partial charge in [0, 0.05) is 66.7 Å². The Morgan fingerprint density at radius 3 is 2.21 bits per heavy atom. The zero-order valence-corrected chi connectivity index (χ0v) is 18.5. The second kappa shape index (κ2) is 10.4. The molecule has 0 aromatic heterocycles. The molecule has 0 radical (unpaired) electrons. The fourth-order valence-electron chi connectivity index (χ4n) is 3.66. The fraction of sp³-hybridized carbons (Fsp3) is 0.200. The minimum absolute atomic E-state index is 0.00350. The zero-order chi connectivity index (χ0) is 24.0. The molecule has 1 aliphatic heterocycles. The van der Waals surface area contributed by atoms with E-state index in [1.165, 1.54) is 12.3 Å². The zero-order valence-electron chi connectivity index (χ0n) is 18.5. The number of likely N-dealkylation sites (tertiary alicyclic amines) is 1. The molecule has 1 amide bonds. The number of benzene rings is 2. The molecule has 1 saturated heterocycles. The van der Waals surface area contributed by atoms with Gasteiger partial charge in [-0.1, -0.05) is 18.2 Å². The topological polar surface area (TPSA) is 152 Å². The van der Waals surface area contributed by atoms with Crippen molar-refractivity contribution in [2.24, 2.45) is 16.5 Å². The third kappa shape index (κ3) is 5.35. The quantitative estimate of drug-likeness (QED) is 0.294. The number of carbonyl (C=O) groups excluding carboxylic acids is 2. The van der Waals surface area contributed by atoms with E-state index in [9.17, 15) is 9.59 Å². The molecule has 2 aromatic carbocycles. The third-order valence-corrected chi connectivity index (χ3v) is 5.49. The van der Waals surface area contributed by atoms with Crippen molar-refractivity contribution < 1.29 is 9.59 Å². The maximum absolute atomic E-state index is 12.7. The number of nitrogens with one attached hydrogen (secondary N) is 1. The summed E-state index contributed by atoms with van der Waals surface area (Å²) in [5.74, 6) is -0.579. The summed E-state index contributed by atoms with van der Waals surface area (Å²) in [7, 11) is 1.63. The van der Waals surface area contributed by atoms with Crippen molar-refractivity contribution in [1.82, 2.24) is 4.90 Å². The molecule has 0 saturated carbocycles. The van der Waals surface area contributed by atoms with Crippen LogP contribution >= 0.6 is 0 Å². The monoisotopic (exact) mass is 444 g/mol. The number of amides is 1. The second-order valence-electron chi connectivity index (χ2n) is 7.73. The van der Waals surface area contributed by atoms with Gasteiger partial charge in [-0.15, -0.1) is 0 Å². The molecule has 8 nitrogen and oxygen atoms in total. The van der Waals surface area contributed by atoms with Crippen molar-refractivity contribution >= 4 is 40.6 Å². The van der Waals surface area contributed by atoms with E-state index in [4.69, 9.17) is 22.6 Å². The molecule has 0 unspecified atom stereocenters. The first kappa shape index (κ1) is 23.5. The predicted octanol–water partition coefficient (Wildman–Crippen LogP) is 2.44. The summed E-state index contributed by atoms with van der Waals surface area (Å²) in [5, 5.41) is 8.28. The summed E-state index contributed by atoms with van der Waals surface area (Å²) in [6.07, 6.45) is 6.25. The van der Waals surface area contributed by atoms with Crippen LogP contribution in [-0.4, -0.2) is 48.7 Å². The standard InChI is InChI=1S/C25H28N6O2/c1-30-15-19(14-26)18-8-9-20(22(28)12-18)24(29)23(32)13-21(27)16-4-6-17(7-5-16)25(33)31-10-2-3-11-31/h4-9,12-15,29H,2-3,10-11,26-28H2,1H3/b19-14+,21-13-,29-24?,30-15?. The Bertz CT molecular complexity index is 1160. The van der Waals surface area contributed by atoms with Crippen molar-refractivity contribution in [2.75, 3.05) is 25.9 Å². The van der Waals surface area contributed by atoms with Gasteiger partial charge in [0.1, 0.15) is 5.71 Å². The van der Waals surface area contributed by atoms with Crippen molar-refractivity contribution in [3.63, 3.8) is 0 Å². The lowest BCUT2D eigenvalue weighted by Crippen LogP contribution is -2.27. The van der Waals surface area contributed by atoms with Crippen LogP contribution in [0.2, 0.25) is 0 Å². The molecule has 0 aliphatic carbocycles. The summed E-state index contributed by atoms with van der Waals surface area (Å²) in [6, 6.07) is 11.8. The number of nitrogen functional groups attached to an aromatic ring is 1. The summed E-state index contributed by atoms with van der Waals surface area (Å²) in [6.45, 7) is 1.55. The predicted molar refractivity (Wildman–Crippen MR) is 133 cm³/mol. The van der Waals surface area contributed by atoms with Crippen LogP contribution in [0.4, 0.5) is 5.69 Å². The number of nitrogens with two attached hydrogens (primary N) is 3. The minimum Gasteiger partial charge on any atom is -0.404 e. The average molecular weight is 445 g/mol. The van der Waals surface area contributed by atoms with Gasteiger partial charge in [0.05, 0.1) is 0 Å². The maximum Gasteiger partial charge on any atom is 0.253 e. The number of hydrogen-bond acceptors (Lipinski definition) is 7. The first-order chi connectivity index (χ1) is 15.8. The number of ketones is 1. The first-order valence-corrected chi connectivity index (χ1v) is 10.6. The molecule has 0 atom stereocenters. The van der Waals surface area contributed by atoms with Gasteiger partial charge in [-0.25, -0.2) is 0 Å². The SMILES string of the molecule is CN=C/C(=C\N)c1ccc(C(=N)C(=O)/C=C(\N)c2ccc(C(=O)N3CCCC3)cc2)c(N)c1. The molecule has 7 N–H and O–H groups in total. The Morgan fingerprint density at radius 1 is 1.03 bits per heavy atom. The van der Waals surface area contributed by atoms with E-state index in [1.807, 2.05) is 4.90 Å². The van der Waals surface area contributed by atoms with E-state index >= 15 is 0 Å². The van der Waals surface area contributed by atoms with E-state index in [1.54, 1.807) is 55.7 Å². The highest BCUT2D eigenvalue weighted by Crippen LogP contribution is 2.21. The van der Waals surface area contributed by atoms with Crippen LogP contribution < -0.4 is 17.2 Å². The van der Waals surface area contributed by atoms with Crippen LogP contribution in [0.25, 0.3) is 11.3 Å². The second-order valence-corrected chi connectivity index (χ2v) is 7.73. The Labute approximate surface area is 193 Å². The number of anilines is 1. The van der Waals surface area contributed by atoms with Crippen LogP contribution in [0.15, 0.2) is 59.7 Å². The highest BCUT2D eigenvalue weighted by molar-refractivity contribution is 6.50.